The Bertz CT molecular complexity index is 3740. The number of furan rings is 1. The Balaban J connectivity index is 0.944. The molecule has 0 amide bonds. The van der Waals surface area contributed by atoms with E-state index in [4.69, 9.17) is 19.4 Å². The standard InChI is InChI=1S/C63H46N4O/c1-62(2)51-25-14-12-22-47(51)58-52(62)26-16-27-54(58)67(44-34-35-46-45-21-11-13-24-50(45)63(3,4)53(46)38-44)43-32-29-39(30-33-43)42-31-36-55-49(37-42)57-48(23-15-28-56(57)68-55)61-65-59(40-17-7-5-8-18-40)64-60(66-61)41-19-9-6-10-20-41/h5-38H,1-4H3. The molecule has 5 nitrogen and oxygen atoms in total. The van der Waals surface area contributed by atoms with Crippen molar-refractivity contribution in [3.8, 4) is 67.5 Å². The molecule has 2 aliphatic carbocycles. The molecule has 0 fully saturated rings. The van der Waals surface area contributed by atoms with Gasteiger partial charge in [-0.15, -0.1) is 0 Å². The molecule has 0 saturated heterocycles. The lowest BCUT2D eigenvalue weighted by atomic mass is 9.82. The first-order valence-corrected chi connectivity index (χ1v) is 23.4. The first kappa shape index (κ1) is 39.9. The van der Waals surface area contributed by atoms with Crippen molar-refractivity contribution in [1.29, 1.82) is 0 Å². The summed E-state index contributed by atoms with van der Waals surface area (Å²) in [6.07, 6.45) is 0. The van der Waals surface area contributed by atoms with Crippen molar-refractivity contribution < 1.29 is 4.42 Å². The molecule has 11 aromatic rings. The second-order valence-corrected chi connectivity index (χ2v) is 19.2. The van der Waals surface area contributed by atoms with Crippen LogP contribution in [-0.4, -0.2) is 15.0 Å². The highest BCUT2D eigenvalue weighted by molar-refractivity contribution is 6.13. The molecule has 68 heavy (non-hydrogen) atoms. The number of benzene rings is 9. The van der Waals surface area contributed by atoms with Crippen LogP contribution in [-0.2, 0) is 10.8 Å². The predicted molar refractivity (Wildman–Crippen MR) is 279 cm³/mol. The number of hydrogen-bond acceptors (Lipinski definition) is 5. The van der Waals surface area contributed by atoms with Crippen LogP contribution in [0.2, 0.25) is 0 Å². The van der Waals surface area contributed by atoms with E-state index in [0.29, 0.717) is 17.5 Å². The molecule has 0 unspecified atom stereocenters. The first-order chi connectivity index (χ1) is 33.2. The van der Waals surface area contributed by atoms with Crippen molar-refractivity contribution >= 4 is 39.0 Å². The van der Waals surface area contributed by atoms with Crippen molar-refractivity contribution in [2.24, 2.45) is 0 Å². The van der Waals surface area contributed by atoms with Crippen molar-refractivity contribution in [1.82, 2.24) is 15.0 Å². The molecule has 324 valence electrons. The van der Waals surface area contributed by atoms with Gasteiger partial charge >= 0.3 is 0 Å². The summed E-state index contributed by atoms with van der Waals surface area (Å²) in [7, 11) is 0. The maximum atomic E-state index is 6.55. The summed E-state index contributed by atoms with van der Waals surface area (Å²) in [5, 5.41) is 1.98. The van der Waals surface area contributed by atoms with Crippen molar-refractivity contribution in [3.05, 3.63) is 229 Å². The van der Waals surface area contributed by atoms with E-state index in [1.54, 1.807) is 0 Å². The van der Waals surface area contributed by atoms with Crippen LogP contribution in [0, 0.1) is 0 Å². The summed E-state index contributed by atoms with van der Waals surface area (Å²) in [4.78, 5) is 17.6. The minimum Gasteiger partial charge on any atom is -0.456 e. The number of aromatic nitrogens is 3. The van der Waals surface area contributed by atoms with E-state index in [2.05, 4.69) is 166 Å². The Morgan fingerprint density at radius 3 is 1.63 bits per heavy atom. The predicted octanol–water partition coefficient (Wildman–Crippen LogP) is 16.5. The van der Waals surface area contributed by atoms with E-state index < -0.39 is 0 Å². The van der Waals surface area contributed by atoms with E-state index in [1.807, 2.05) is 72.8 Å². The van der Waals surface area contributed by atoms with E-state index in [0.717, 1.165) is 61.1 Å². The Morgan fingerprint density at radius 2 is 0.912 bits per heavy atom. The number of hydrogen-bond donors (Lipinski definition) is 0. The van der Waals surface area contributed by atoms with E-state index in [9.17, 15) is 0 Å². The highest BCUT2D eigenvalue weighted by Gasteiger charge is 2.39. The van der Waals surface area contributed by atoms with Crippen LogP contribution in [0.5, 0.6) is 0 Å². The fourth-order valence-electron chi connectivity index (χ4n) is 11.1. The van der Waals surface area contributed by atoms with Crippen LogP contribution in [0.3, 0.4) is 0 Å². The Kier molecular flexibility index (Phi) is 8.84. The molecule has 0 saturated carbocycles. The Labute approximate surface area is 396 Å². The molecular formula is C63H46N4O. The van der Waals surface area contributed by atoms with Gasteiger partial charge in [0.05, 0.1) is 5.69 Å². The number of nitrogens with zero attached hydrogens (tertiary/aromatic N) is 4. The van der Waals surface area contributed by atoms with Gasteiger partial charge in [-0.3, -0.25) is 0 Å². The van der Waals surface area contributed by atoms with E-state index in [-0.39, 0.29) is 10.8 Å². The zero-order chi connectivity index (χ0) is 45.7. The third-order valence-corrected chi connectivity index (χ3v) is 14.5. The molecule has 2 heterocycles. The SMILES string of the molecule is CC1(C)c2ccccc2-c2ccc(N(c3ccc(-c4ccc5oc6cccc(-c7nc(-c8ccccc8)nc(-c8ccccc8)n7)c6c5c4)cc3)c3cccc4c3-c3ccccc3C4(C)C)cc21. The van der Waals surface area contributed by atoms with Crippen LogP contribution in [0.4, 0.5) is 17.1 Å². The summed E-state index contributed by atoms with van der Waals surface area (Å²) < 4.78 is 6.55. The zero-order valence-electron chi connectivity index (χ0n) is 38.3. The number of fused-ring (bicyclic) bond motifs is 9. The largest absolute Gasteiger partial charge is 0.456 e. The van der Waals surface area contributed by atoms with Gasteiger partial charge in [-0.05, 0) is 98.6 Å². The molecule has 0 spiro atoms. The topological polar surface area (TPSA) is 55.1 Å². The molecule has 0 radical (unpaired) electrons. The quantitative estimate of drug-likeness (QED) is 0.160. The summed E-state index contributed by atoms with van der Waals surface area (Å²) in [5.41, 5.74) is 20.3. The Hall–Kier alpha value is -8.41. The van der Waals surface area contributed by atoms with Gasteiger partial charge in [-0.2, -0.15) is 0 Å². The Morgan fingerprint density at radius 1 is 0.368 bits per heavy atom. The molecule has 2 aromatic heterocycles. The highest BCUT2D eigenvalue weighted by Crippen LogP contribution is 2.56. The smallest absolute Gasteiger partial charge is 0.164 e. The van der Waals surface area contributed by atoms with Gasteiger partial charge in [0, 0.05) is 55.2 Å². The fraction of sp³-hybridized carbons (Fsp3) is 0.0952. The minimum absolute atomic E-state index is 0.132. The lowest BCUT2D eigenvalue weighted by molar-refractivity contribution is 0.660. The van der Waals surface area contributed by atoms with Crippen LogP contribution >= 0.6 is 0 Å². The van der Waals surface area contributed by atoms with Crippen LogP contribution in [0.15, 0.2) is 211 Å². The van der Waals surface area contributed by atoms with Gasteiger partial charge in [0.25, 0.3) is 0 Å². The average Bonchev–Trinajstić information content (AvgIpc) is 3.96. The van der Waals surface area contributed by atoms with Gasteiger partial charge in [0.1, 0.15) is 11.2 Å². The number of anilines is 3. The molecule has 0 N–H and O–H groups in total. The minimum atomic E-state index is -0.141. The molecule has 13 rings (SSSR count). The summed E-state index contributed by atoms with van der Waals surface area (Å²) >= 11 is 0. The molecule has 0 aliphatic heterocycles. The van der Waals surface area contributed by atoms with Crippen LogP contribution in [0.25, 0.3) is 89.5 Å². The number of rotatable bonds is 7. The van der Waals surface area contributed by atoms with Gasteiger partial charge in [0.15, 0.2) is 17.5 Å². The average molecular weight is 875 g/mol. The first-order valence-electron chi connectivity index (χ1n) is 23.4. The maximum absolute atomic E-state index is 6.55. The van der Waals surface area contributed by atoms with Gasteiger partial charge in [0.2, 0.25) is 0 Å². The van der Waals surface area contributed by atoms with E-state index in [1.165, 1.54) is 50.2 Å². The second kappa shape index (κ2) is 15.1. The van der Waals surface area contributed by atoms with E-state index >= 15 is 0 Å². The summed E-state index contributed by atoms with van der Waals surface area (Å²) in [6.45, 7) is 9.42. The molecule has 5 heteroatoms. The summed E-state index contributed by atoms with van der Waals surface area (Å²) in [6, 6.07) is 73.6. The van der Waals surface area contributed by atoms with Gasteiger partial charge in [-0.25, -0.2) is 15.0 Å². The normalized spacial score (nSPS) is 13.8. The molecular weight excluding hydrogens is 829 g/mol. The van der Waals surface area contributed by atoms with Crippen LogP contribution in [0.1, 0.15) is 49.9 Å². The third-order valence-electron chi connectivity index (χ3n) is 14.5. The monoisotopic (exact) mass is 874 g/mol. The molecule has 0 atom stereocenters. The molecule has 0 bridgehead atoms. The second-order valence-electron chi connectivity index (χ2n) is 19.2. The lowest BCUT2D eigenvalue weighted by Gasteiger charge is -2.30. The zero-order valence-corrected chi connectivity index (χ0v) is 38.3. The lowest BCUT2D eigenvalue weighted by Crippen LogP contribution is -2.17. The van der Waals surface area contributed by atoms with Crippen molar-refractivity contribution in [2.75, 3.05) is 4.90 Å². The van der Waals surface area contributed by atoms with Crippen molar-refractivity contribution in [2.45, 2.75) is 38.5 Å². The maximum Gasteiger partial charge on any atom is 0.164 e. The molecule has 2 aliphatic rings. The van der Waals surface area contributed by atoms with Gasteiger partial charge < -0.3 is 9.32 Å². The highest BCUT2D eigenvalue weighted by atomic mass is 16.3. The summed E-state index contributed by atoms with van der Waals surface area (Å²) in [5.74, 6) is 1.84. The van der Waals surface area contributed by atoms with Crippen molar-refractivity contribution in [3.63, 3.8) is 0 Å². The molecule has 9 aromatic carbocycles. The fourth-order valence-corrected chi connectivity index (χ4v) is 11.1. The van der Waals surface area contributed by atoms with Gasteiger partial charge in [-0.1, -0.05) is 185 Å². The third kappa shape index (κ3) is 6.12. The van der Waals surface area contributed by atoms with Crippen LogP contribution < -0.4 is 4.90 Å².